The lowest BCUT2D eigenvalue weighted by molar-refractivity contribution is -0.119. The minimum atomic E-state index is -3.75. The van der Waals surface area contributed by atoms with Gasteiger partial charge in [-0.05, 0) is 46.0 Å². The number of aryl methyl sites for hydroxylation is 3. The Morgan fingerprint density at radius 3 is 2.52 bits per heavy atom. The molecular formula is C21H30N6O3S. The van der Waals surface area contributed by atoms with E-state index in [1.165, 1.54) is 4.31 Å². The fourth-order valence-corrected chi connectivity index (χ4v) is 6.62. The Balaban J connectivity index is 1.77. The first kappa shape index (κ1) is 21.9. The monoisotopic (exact) mass is 446 g/mol. The summed E-state index contributed by atoms with van der Waals surface area (Å²) in [5, 5.41) is 6.83. The molecule has 0 spiro atoms. The Kier molecular flexibility index (Phi) is 5.63. The van der Waals surface area contributed by atoms with E-state index >= 15 is 0 Å². The number of nitrogens with one attached hydrogen (secondary N) is 1. The van der Waals surface area contributed by atoms with E-state index in [4.69, 9.17) is 9.97 Å². The highest BCUT2D eigenvalue weighted by Crippen LogP contribution is 2.38. The number of carbonyl (C=O) groups is 1. The molecule has 1 amide bonds. The van der Waals surface area contributed by atoms with Crippen LogP contribution in [0.15, 0.2) is 4.90 Å². The molecule has 10 heteroatoms. The zero-order valence-electron chi connectivity index (χ0n) is 18.8. The van der Waals surface area contributed by atoms with Gasteiger partial charge in [0.2, 0.25) is 15.9 Å². The highest BCUT2D eigenvalue weighted by atomic mass is 32.2. The SMILES string of the molecule is Cc1nc([C@@H]2CCCN2S(=O)(=O)c2c(C)n[nH]c2C)nc2c1CCC(=O)N2CC(C)C. The van der Waals surface area contributed by atoms with Crippen LogP contribution in [-0.4, -0.2) is 51.9 Å². The number of amides is 1. The summed E-state index contributed by atoms with van der Waals surface area (Å²) in [5.74, 6) is 1.47. The average Bonchev–Trinajstić information content (AvgIpc) is 3.31. The number of hydrogen-bond acceptors (Lipinski definition) is 6. The Bertz CT molecular complexity index is 1100. The van der Waals surface area contributed by atoms with E-state index in [0.717, 1.165) is 17.7 Å². The summed E-state index contributed by atoms with van der Waals surface area (Å²) in [6.07, 6.45) is 2.45. The largest absolute Gasteiger partial charge is 0.296 e. The van der Waals surface area contributed by atoms with Crippen LogP contribution in [0.5, 0.6) is 0 Å². The van der Waals surface area contributed by atoms with Gasteiger partial charge in [0, 0.05) is 30.8 Å². The second kappa shape index (κ2) is 7.98. The summed E-state index contributed by atoms with van der Waals surface area (Å²) in [6.45, 7) is 10.5. The molecule has 2 aliphatic rings. The number of rotatable bonds is 5. The third-order valence-electron chi connectivity index (χ3n) is 6.03. The van der Waals surface area contributed by atoms with Gasteiger partial charge in [0.25, 0.3) is 0 Å². The average molecular weight is 447 g/mol. The fourth-order valence-electron chi connectivity index (χ4n) is 4.63. The Morgan fingerprint density at radius 2 is 1.87 bits per heavy atom. The van der Waals surface area contributed by atoms with E-state index in [2.05, 4.69) is 24.0 Å². The number of hydrogen-bond donors (Lipinski definition) is 1. The molecule has 2 aliphatic heterocycles. The molecule has 4 rings (SSSR count). The van der Waals surface area contributed by atoms with Gasteiger partial charge in [-0.2, -0.15) is 9.40 Å². The molecule has 2 aromatic rings. The van der Waals surface area contributed by atoms with Crippen LogP contribution in [0.3, 0.4) is 0 Å². The Morgan fingerprint density at radius 1 is 1.13 bits per heavy atom. The molecule has 0 radical (unpaired) electrons. The van der Waals surface area contributed by atoms with Crippen LogP contribution in [0.1, 0.15) is 67.6 Å². The van der Waals surface area contributed by atoms with Gasteiger partial charge in [0.1, 0.15) is 16.5 Å². The topological polar surface area (TPSA) is 112 Å². The summed E-state index contributed by atoms with van der Waals surface area (Å²) in [4.78, 5) is 24.1. The Labute approximate surface area is 183 Å². The first-order chi connectivity index (χ1) is 14.6. The van der Waals surface area contributed by atoms with Crippen molar-refractivity contribution in [1.29, 1.82) is 0 Å². The van der Waals surface area contributed by atoms with Crippen LogP contribution < -0.4 is 4.90 Å². The molecule has 1 saturated heterocycles. The maximum Gasteiger partial charge on any atom is 0.247 e. The zero-order chi connectivity index (χ0) is 22.5. The van der Waals surface area contributed by atoms with Crippen LogP contribution in [0.4, 0.5) is 5.82 Å². The van der Waals surface area contributed by atoms with E-state index in [1.54, 1.807) is 18.7 Å². The summed E-state index contributed by atoms with van der Waals surface area (Å²) in [5.41, 5.74) is 2.79. The predicted octanol–water partition coefficient (Wildman–Crippen LogP) is 2.59. The molecule has 1 fully saturated rings. The van der Waals surface area contributed by atoms with Crippen LogP contribution in [0.2, 0.25) is 0 Å². The summed E-state index contributed by atoms with van der Waals surface area (Å²) in [7, 11) is -3.75. The summed E-state index contributed by atoms with van der Waals surface area (Å²) in [6, 6.07) is -0.458. The lowest BCUT2D eigenvalue weighted by Crippen LogP contribution is -2.40. The number of fused-ring (bicyclic) bond motifs is 1. The number of sulfonamides is 1. The van der Waals surface area contributed by atoms with Crippen molar-refractivity contribution in [2.75, 3.05) is 18.0 Å². The molecule has 1 atom stereocenters. The van der Waals surface area contributed by atoms with Gasteiger partial charge in [0.15, 0.2) is 0 Å². The summed E-state index contributed by atoms with van der Waals surface area (Å²) < 4.78 is 28.5. The molecule has 4 heterocycles. The number of H-pyrrole nitrogens is 1. The lowest BCUT2D eigenvalue weighted by Gasteiger charge is -2.31. The molecule has 168 valence electrons. The van der Waals surface area contributed by atoms with Crippen molar-refractivity contribution < 1.29 is 13.2 Å². The molecule has 0 aromatic carbocycles. The van der Waals surface area contributed by atoms with Crippen LogP contribution in [-0.2, 0) is 21.2 Å². The number of anilines is 1. The quantitative estimate of drug-likeness (QED) is 0.755. The van der Waals surface area contributed by atoms with Crippen LogP contribution in [0.25, 0.3) is 0 Å². The van der Waals surface area contributed by atoms with Crippen molar-refractivity contribution in [1.82, 2.24) is 24.5 Å². The number of nitrogens with zero attached hydrogens (tertiary/aromatic N) is 5. The minimum Gasteiger partial charge on any atom is -0.296 e. The number of carbonyl (C=O) groups excluding carboxylic acids is 1. The highest BCUT2D eigenvalue weighted by Gasteiger charge is 2.41. The van der Waals surface area contributed by atoms with E-state index in [0.29, 0.717) is 61.3 Å². The third kappa shape index (κ3) is 3.76. The maximum absolute atomic E-state index is 13.5. The number of aromatic nitrogens is 4. The van der Waals surface area contributed by atoms with E-state index < -0.39 is 16.1 Å². The van der Waals surface area contributed by atoms with E-state index in [9.17, 15) is 13.2 Å². The first-order valence-electron chi connectivity index (χ1n) is 10.8. The standard InChI is InChI=1S/C21H30N6O3S/c1-12(2)11-26-18(28)9-8-16-13(3)22-20(23-21(16)26)17-7-6-10-27(17)31(29,30)19-14(4)24-25-15(19)5/h12,17H,6-11H2,1-5H3,(H,24,25)/t17-/m0/s1. The smallest absolute Gasteiger partial charge is 0.247 e. The van der Waals surface area contributed by atoms with E-state index in [1.807, 2.05) is 6.92 Å². The molecule has 2 aromatic heterocycles. The van der Waals surface area contributed by atoms with Gasteiger partial charge in [0.05, 0.1) is 17.4 Å². The second-order valence-electron chi connectivity index (χ2n) is 8.90. The molecular weight excluding hydrogens is 416 g/mol. The van der Waals surface area contributed by atoms with Gasteiger partial charge in [-0.25, -0.2) is 18.4 Å². The fraction of sp³-hybridized carbons (Fsp3) is 0.619. The first-order valence-corrected chi connectivity index (χ1v) is 12.3. The predicted molar refractivity (Wildman–Crippen MR) is 116 cm³/mol. The van der Waals surface area contributed by atoms with Crippen molar-refractivity contribution in [3.8, 4) is 0 Å². The van der Waals surface area contributed by atoms with Crippen LogP contribution >= 0.6 is 0 Å². The second-order valence-corrected chi connectivity index (χ2v) is 10.7. The van der Waals surface area contributed by atoms with Gasteiger partial charge in [-0.1, -0.05) is 13.8 Å². The van der Waals surface area contributed by atoms with Gasteiger partial charge >= 0.3 is 0 Å². The van der Waals surface area contributed by atoms with E-state index in [-0.39, 0.29) is 10.8 Å². The lowest BCUT2D eigenvalue weighted by atomic mass is 10.0. The molecule has 0 saturated carbocycles. The molecule has 0 aliphatic carbocycles. The van der Waals surface area contributed by atoms with Crippen molar-refractivity contribution in [3.05, 3.63) is 28.5 Å². The van der Waals surface area contributed by atoms with Gasteiger partial charge in [-0.3, -0.25) is 14.8 Å². The van der Waals surface area contributed by atoms with Gasteiger partial charge < -0.3 is 0 Å². The maximum atomic E-state index is 13.5. The Hall–Kier alpha value is -2.33. The zero-order valence-corrected chi connectivity index (χ0v) is 19.6. The van der Waals surface area contributed by atoms with Crippen LogP contribution in [0, 0.1) is 26.7 Å². The number of aromatic amines is 1. The molecule has 0 unspecified atom stereocenters. The molecule has 9 nitrogen and oxygen atoms in total. The molecule has 31 heavy (non-hydrogen) atoms. The van der Waals surface area contributed by atoms with Crippen molar-refractivity contribution in [2.45, 2.75) is 71.2 Å². The third-order valence-corrected chi connectivity index (χ3v) is 8.20. The molecule has 1 N–H and O–H groups in total. The molecule has 0 bridgehead atoms. The minimum absolute atomic E-state index is 0.0609. The summed E-state index contributed by atoms with van der Waals surface area (Å²) >= 11 is 0. The highest BCUT2D eigenvalue weighted by molar-refractivity contribution is 7.89. The normalized spacial score (nSPS) is 20.0. The van der Waals surface area contributed by atoms with Crippen molar-refractivity contribution in [3.63, 3.8) is 0 Å². The van der Waals surface area contributed by atoms with Crippen molar-refractivity contribution >= 4 is 21.7 Å². The van der Waals surface area contributed by atoms with Gasteiger partial charge in [-0.15, -0.1) is 0 Å². The van der Waals surface area contributed by atoms with Crippen molar-refractivity contribution in [2.24, 2.45) is 5.92 Å².